The number of ether oxygens (including phenoxy) is 1. The number of rotatable bonds is 4. The first-order valence-corrected chi connectivity index (χ1v) is 8.00. The first-order chi connectivity index (χ1) is 12.1. The third kappa shape index (κ3) is 4.67. The summed E-state index contributed by atoms with van der Waals surface area (Å²) in [5.41, 5.74) is 2.12. The summed E-state index contributed by atoms with van der Waals surface area (Å²) in [7, 11) is 0. The maximum Gasteiger partial charge on any atom is 0.343 e. The molecule has 1 aromatic rings. The molecule has 6 nitrogen and oxygen atoms in total. The van der Waals surface area contributed by atoms with Gasteiger partial charge >= 0.3 is 5.97 Å². The van der Waals surface area contributed by atoms with Gasteiger partial charge < -0.3 is 15.4 Å². The van der Waals surface area contributed by atoms with Crippen molar-refractivity contribution in [3.8, 4) is 0 Å². The number of carbonyl (C=O) groups excluding carboxylic acids is 2. The van der Waals surface area contributed by atoms with Crippen molar-refractivity contribution in [3.63, 3.8) is 0 Å². The van der Waals surface area contributed by atoms with Gasteiger partial charge in [-0.15, -0.1) is 0 Å². The molecule has 1 aromatic carbocycles. The second kappa shape index (κ2) is 8.63. The zero-order chi connectivity index (χ0) is 18.2. The van der Waals surface area contributed by atoms with Crippen molar-refractivity contribution in [2.45, 2.75) is 20.8 Å². The monoisotopic (exact) mass is 339 g/mol. The van der Waals surface area contributed by atoms with Gasteiger partial charge in [-0.05, 0) is 32.9 Å². The molecule has 25 heavy (non-hydrogen) atoms. The van der Waals surface area contributed by atoms with Crippen LogP contribution in [-0.2, 0) is 14.3 Å². The molecule has 0 saturated heterocycles. The quantitative estimate of drug-likeness (QED) is 0.501. The Morgan fingerprint density at radius 2 is 2.04 bits per heavy atom. The summed E-state index contributed by atoms with van der Waals surface area (Å²) < 4.78 is 5.12. The molecule has 0 aliphatic carbocycles. The maximum atomic E-state index is 12.4. The number of carbonyl (C=O) groups is 2. The Hall–Kier alpha value is -3.15. The maximum absolute atomic E-state index is 12.4. The van der Waals surface area contributed by atoms with Crippen LogP contribution in [0.4, 0.5) is 11.4 Å². The summed E-state index contributed by atoms with van der Waals surface area (Å²) in [6.07, 6.45) is 6.52. The summed E-state index contributed by atoms with van der Waals surface area (Å²) in [4.78, 5) is 29.0. The highest BCUT2D eigenvalue weighted by Gasteiger charge is 2.25. The van der Waals surface area contributed by atoms with Crippen LogP contribution in [0.5, 0.6) is 0 Å². The highest BCUT2D eigenvalue weighted by atomic mass is 16.5. The number of aliphatic imine (C=N–C) groups is 1. The molecule has 130 valence electrons. The number of anilines is 1. The largest absolute Gasteiger partial charge is 0.462 e. The first kappa shape index (κ1) is 18.2. The number of para-hydroxylation sites is 2. The van der Waals surface area contributed by atoms with E-state index in [1.165, 1.54) is 6.08 Å². The number of benzene rings is 1. The number of hydrogen-bond acceptors (Lipinski definition) is 5. The average molecular weight is 339 g/mol. The predicted molar refractivity (Wildman–Crippen MR) is 98.6 cm³/mol. The molecular weight excluding hydrogens is 318 g/mol. The number of amides is 1. The smallest absolute Gasteiger partial charge is 0.343 e. The minimum atomic E-state index is -0.545. The predicted octanol–water partition coefficient (Wildman–Crippen LogP) is 3.23. The Labute approximate surface area is 147 Å². The van der Waals surface area contributed by atoms with Crippen molar-refractivity contribution in [2.75, 3.05) is 11.9 Å². The summed E-state index contributed by atoms with van der Waals surface area (Å²) in [5.74, 6) is -0.772. The van der Waals surface area contributed by atoms with Crippen LogP contribution in [0, 0.1) is 0 Å². The Balaban J connectivity index is 2.44. The fourth-order valence-corrected chi connectivity index (χ4v) is 2.25. The van der Waals surface area contributed by atoms with Crippen molar-refractivity contribution in [2.24, 2.45) is 4.99 Å². The van der Waals surface area contributed by atoms with Crippen molar-refractivity contribution >= 4 is 29.1 Å². The average Bonchev–Trinajstić information content (AvgIpc) is 2.70. The minimum absolute atomic E-state index is 0.156. The molecule has 1 aliphatic heterocycles. The summed E-state index contributed by atoms with van der Waals surface area (Å²) >= 11 is 0. The van der Waals surface area contributed by atoms with E-state index in [1.54, 1.807) is 38.1 Å². The lowest BCUT2D eigenvalue weighted by atomic mass is 10.2. The number of amidine groups is 1. The molecule has 0 aromatic heterocycles. The fourth-order valence-electron chi connectivity index (χ4n) is 2.25. The van der Waals surface area contributed by atoms with E-state index in [4.69, 9.17) is 4.74 Å². The van der Waals surface area contributed by atoms with Gasteiger partial charge in [0.15, 0.2) is 0 Å². The van der Waals surface area contributed by atoms with Crippen LogP contribution in [0.2, 0.25) is 0 Å². The summed E-state index contributed by atoms with van der Waals surface area (Å²) in [6, 6.07) is 7.34. The van der Waals surface area contributed by atoms with Gasteiger partial charge in [-0.2, -0.15) is 0 Å². The van der Waals surface area contributed by atoms with Crippen molar-refractivity contribution in [1.82, 2.24) is 5.32 Å². The van der Waals surface area contributed by atoms with Crippen molar-refractivity contribution in [3.05, 3.63) is 59.8 Å². The van der Waals surface area contributed by atoms with Crippen LogP contribution in [0.25, 0.3) is 0 Å². The highest BCUT2D eigenvalue weighted by Crippen LogP contribution is 2.30. The Morgan fingerprint density at radius 3 is 2.76 bits per heavy atom. The molecule has 1 heterocycles. The Kier molecular flexibility index (Phi) is 6.28. The van der Waals surface area contributed by atoms with E-state index in [9.17, 15) is 9.59 Å². The molecule has 0 fully saturated rings. The lowest BCUT2D eigenvalue weighted by molar-refractivity contribution is -0.137. The third-order valence-electron chi connectivity index (χ3n) is 3.34. The number of nitrogens with zero attached hydrogens (tertiary/aromatic N) is 1. The van der Waals surface area contributed by atoms with Crippen LogP contribution < -0.4 is 10.6 Å². The molecule has 0 bridgehead atoms. The van der Waals surface area contributed by atoms with Crippen LogP contribution in [-0.4, -0.2) is 24.3 Å². The number of allylic oxidation sites excluding steroid dienone is 4. The van der Waals surface area contributed by atoms with Crippen LogP contribution in [0.3, 0.4) is 0 Å². The van der Waals surface area contributed by atoms with E-state index in [1.807, 2.05) is 25.1 Å². The SMILES string of the molecule is C/C=C/C=C/C(=O)NC1=Nc2ccccc2NC(C)=C1C(=O)OCC. The van der Waals surface area contributed by atoms with Gasteiger partial charge in [-0.25, -0.2) is 9.79 Å². The summed E-state index contributed by atoms with van der Waals surface area (Å²) in [5, 5.41) is 5.82. The summed E-state index contributed by atoms with van der Waals surface area (Å²) in [6.45, 7) is 5.55. The number of nitrogens with one attached hydrogen (secondary N) is 2. The molecule has 0 saturated carbocycles. The van der Waals surface area contributed by atoms with Gasteiger partial charge in [0.05, 0.1) is 18.0 Å². The molecule has 0 atom stereocenters. The van der Waals surface area contributed by atoms with E-state index in [0.29, 0.717) is 11.4 Å². The van der Waals surface area contributed by atoms with E-state index in [-0.39, 0.29) is 23.9 Å². The molecule has 2 rings (SSSR count). The van der Waals surface area contributed by atoms with Crippen LogP contribution in [0.15, 0.2) is 64.8 Å². The standard InChI is InChI=1S/C19H21N3O3/c1-4-6-7-12-16(23)22-18-17(19(24)25-5-2)13(3)20-14-10-8-9-11-15(14)21-18/h4,6-12,20H,5H2,1-3H3,(H,21,22,23)/b6-4+,12-7+. The fraction of sp³-hybridized carbons (Fsp3) is 0.211. The normalized spacial score (nSPS) is 14.0. The lowest BCUT2D eigenvalue weighted by Crippen LogP contribution is -2.34. The van der Waals surface area contributed by atoms with Gasteiger partial charge in [0.25, 0.3) is 0 Å². The van der Waals surface area contributed by atoms with Crippen molar-refractivity contribution < 1.29 is 14.3 Å². The minimum Gasteiger partial charge on any atom is -0.462 e. The third-order valence-corrected chi connectivity index (χ3v) is 3.34. The molecule has 1 aliphatic rings. The second-order valence-electron chi connectivity index (χ2n) is 5.20. The van der Waals surface area contributed by atoms with E-state index in [0.717, 1.165) is 5.69 Å². The molecular formula is C19H21N3O3. The number of esters is 1. The van der Waals surface area contributed by atoms with Crippen molar-refractivity contribution in [1.29, 1.82) is 0 Å². The van der Waals surface area contributed by atoms with E-state index < -0.39 is 5.97 Å². The van der Waals surface area contributed by atoms with Crippen LogP contribution in [0.1, 0.15) is 20.8 Å². The number of hydrogen-bond donors (Lipinski definition) is 2. The lowest BCUT2D eigenvalue weighted by Gasteiger charge is -2.12. The molecule has 6 heteroatoms. The van der Waals surface area contributed by atoms with E-state index >= 15 is 0 Å². The Bertz CT molecular complexity index is 789. The van der Waals surface area contributed by atoms with Gasteiger partial charge in [0, 0.05) is 11.8 Å². The second-order valence-corrected chi connectivity index (χ2v) is 5.20. The van der Waals surface area contributed by atoms with Gasteiger partial charge in [-0.1, -0.05) is 30.4 Å². The molecule has 0 spiro atoms. The topological polar surface area (TPSA) is 79.8 Å². The number of fused-ring (bicyclic) bond motifs is 1. The van der Waals surface area contributed by atoms with Gasteiger partial charge in [0.1, 0.15) is 11.4 Å². The first-order valence-electron chi connectivity index (χ1n) is 8.00. The molecule has 1 amide bonds. The Morgan fingerprint density at radius 1 is 1.28 bits per heavy atom. The zero-order valence-corrected chi connectivity index (χ0v) is 14.5. The van der Waals surface area contributed by atoms with E-state index in [2.05, 4.69) is 15.6 Å². The van der Waals surface area contributed by atoms with Gasteiger partial charge in [-0.3, -0.25) is 4.79 Å². The highest BCUT2D eigenvalue weighted by molar-refractivity contribution is 6.25. The zero-order valence-electron chi connectivity index (χ0n) is 14.5. The molecule has 2 N–H and O–H groups in total. The molecule has 0 radical (unpaired) electrons. The van der Waals surface area contributed by atoms with Crippen LogP contribution >= 0.6 is 0 Å². The molecule has 0 unspecified atom stereocenters. The van der Waals surface area contributed by atoms with Gasteiger partial charge in [0.2, 0.25) is 5.91 Å².